The summed E-state index contributed by atoms with van der Waals surface area (Å²) in [6, 6.07) is 0. The maximum atomic E-state index is 9.45. The van der Waals surface area contributed by atoms with E-state index < -0.39 is 0 Å². The molecule has 2 nitrogen and oxygen atoms in total. The molecule has 84 valence electrons. The summed E-state index contributed by atoms with van der Waals surface area (Å²) >= 11 is 1.69. The third-order valence-electron chi connectivity index (χ3n) is 3.42. The van der Waals surface area contributed by atoms with E-state index >= 15 is 0 Å². The molecular formula is C12H19NOS. The Kier molecular flexibility index (Phi) is 3.42. The van der Waals surface area contributed by atoms with Gasteiger partial charge in [-0.25, -0.2) is 4.98 Å². The van der Waals surface area contributed by atoms with Gasteiger partial charge in [0.25, 0.3) is 0 Å². The number of aliphatic hydroxyl groups excluding tert-OH is 1. The van der Waals surface area contributed by atoms with Crippen LogP contribution in [-0.4, -0.2) is 10.1 Å². The summed E-state index contributed by atoms with van der Waals surface area (Å²) < 4.78 is 0. The molecule has 0 aliphatic heterocycles. The highest BCUT2D eigenvalue weighted by molar-refractivity contribution is 7.11. The van der Waals surface area contributed by atoms with Crippen LogP contribution in [0.15, 0.2) is 6.20 Å². The molecule has 15 heavy (non-hydrogen) atoms. The van der Waals surface area contributed by atoms with Crippen molar-refractivity contribution in [2.75, 3.05) is 0 Å². The molecule has 1 heterocycles. The van der Waals surface area contributed by atoms with E-state index in [1.165, 1.54) is 30.7 Å². The Labute approximate surface area is 95.4 Å². The van der Waals surface area contributed by atoms with Crippen molar-refractivity contribution in [1.82, 2.24) is 4.98 Å². The smallest absolute Gasteiger partial charge is 0.0959 e. The first-order valence-electron chi connectivity index (χ1n) is 5.84. The number of aliphatic hydroxyl groups is 1. The van der Waals surface area contributed by atoms with Crippen LogP contribution in [0.3, 0.4) is 0 Å². The lowest BCUT2D eigenvalue weighted by Crippen LogP contribution is -1.93. The van der Waals surface area contributed by atoms with Crippen LogP contribution in [0, 0.1) is 5.92 Å². The van der Waals surface area contributed by atoms with Crippen molar-refractivity contribution in [3.63, 3.8) is 0 Å². The van der Waals surface area contributed by atoms with Crippen LogP contribution in [0.5, 0.6) is 0 Å². The molecule has 1 aromatic rings. The van der Waals surface area contributed by atoms with E-state index in [1.54, 1.807) is 18.3 Å². The first-order chi connectivity index (χ1) is 7.20. The van der Waals surface area contributed by atoms with Gasteiger partial charge in [0.2, 0.25) is 0 Å². The van der Waals surface area contributed by atoms with Crippen molar-refractivity contribution >= 4 is 11.3 Å². The van der Waals surface area contributed by atoms with Crippen LogP contribution in [0.25, 0.3) is 0 Å². The Balaban J connectivity index is 2.04. The summed E-state index contributed by atoms with van der Waals surface area (Å²) in [4.78, 5) is 5.45. The van der Waals surface area contributed by atoms with Gasteiger partial charge >= 0.3 is 0 Å². The second-order valence-electron chi connectivity index (χ2n) is 4.56. The Hall–Kier alpha value is -0.410. The molecule has 2 rings (SSSR count). The molecular weight excluding hydrogens is 206 g/mol. The molecule has 1 N–H and O–H groups in total. The van der Waals surface area contributed by atoms with Crippen LogP contribution >= 0.6 is 11.3 Å². The standard InChI is InChI=1S/C12H19NOS/c1-3-9-4-5-10(6-9)12-13-7-11(15-12)8(2)14/h7-10,14H,3-6H2,1-2H3. The van der Waals surface area contributed by atoms with Gasteiger partial charge in [0.1, 0.15) is 0 Å². The first kappa shape index (κ1) is 11.1. The average molecular weight is 225 g/mol. The van der Waals surface area contributed by atoms with Crippen LogP contribution in [0.1, 0.15) is 61.4 Å². The Morgan fingerprint density at radius 1 is 1.60 bits per heavy atom. The van der Waals surface area contributed by atoms with Gasteiger partial charge in [0.15, 0.2) is 0 Å². The minimum Gasteiger partial charge on any atom is -0.388 e. The van der Waals surface area contributed by atoms with Crippen molar-refractivity contribution in [2.45, 2.75) is 51.6 Å². The molecule has 1 aliphatic carbocycles. The summed E-state index contributed by atoms with van der Waals surface area (Å²) in [6.45, 7) is 4.08. The zero-order valence-corrected chi connectivity index (χ0v) is 10.3. The van der Waals surface area contributed by atoms with Crippen molar-refractivity contribution in [3.05, 3.63) is 16.1 Å². The highest BCUT2D eigenvalue weighted by Gasteiger charge is 2.26. The highest BCUT2D eigenvalue weighted by Crippen LogP contribution is 2.41. The van der Waals surface area contributed by atoms with Crippen LogP contribution in [0.2, 0.25) is 0 Å². The van der Waals surface area contributed by atoms with E-state index in [0.29, 0.717) is 5.92 Å². The molecule has 3 unspecified atom stereocenters. The molecule has 0 amide bonds. The number of hydrogen-bond donors (Lipinski definition) is 1. The molecule has 3 atom stereocenters. The molecule has 0 spiro atoms. The SMILES string of the molecule is CCC1CCC(c2ncc(C(C)O)s2)C1. The van der Waals surface area contributed by atoms with Gasteiger partial charge in [-0.2, -0.15) is 0 Å². The number of nitrogens with zero attached hydrogens (tertiary/aromatic N) is 1. The largest absolute Gasteiger partial charge is 0.388 e. The lowest BCUT2D eigenvalue weighted by molar-refractivity contribution is 0.203. The Bertz CT molecular complexity index is 321. The van der Waals surface area contributed by atoms with E-state index in [0.717, 1.165) is 10.8 Å². The van der Waals surface area contributed by atoms with Crippen LogP contribution < -0.4 is 0 Å². The lowest BCUT2D eigenvalue weighted by atomic mass is 10.0. The third kappa shape index (κ3) is 2.40. The maximum Gasteiger partial charge on any atom is 0.0959 e. The fourth-order valence-corrected chi connectivity index (χ4v) is 3.36. The van der Waals surface area contributed by atoms with Crippen molar-refractivity contribution in [2.24, 2.45) is 5.92 Å². The molecule has 0 bridgehead atoms. The lowest BCUT2D eigenvalue weighted by Gasteiger charge is -2.06. The zero-order valence-electron chi connectivity index (χ0n) is 9.44. The van der Waals surface area contributed by atoms with Gasteiger partial charge in [0.05, 0.1) is 16.0 Å². The highest BCUT2D eigenvalue weighted by atomic mass is 32.1. The predicted octanol–water partition coefficient (Wildman–Crippen LogP) is 3.49. The second-order valence-corrected chi connectivity index (χ2v) is 5.65. The van der Waals surface area contributed by atoms with E-state index in [-0.39, 0.29) is 6.10 Å². The van der Waals surface area contributed by atoms with E-state index in [9.17, 15) is 5.11 Å². The van der Waals surface area contributed by atoms with Gasteiger partial charge in [-0.15, -0.1) is 11.3 Å². The Morgan fingerprint density at radius 2 is 2.40 bits per heavy atom. The van der Waals surface area contributed by atoms with Crippen LogP contribution in [-0.2, 0) is 0 Å². The van der Waals surface area contributed by atoms with Gasteiger partial charge in [-0.05, 0) is 32.1 Å². The quantitative estimate of drug-likeness (QED) is 0.854. The Morgan fingerprint density at radius 3 is 2.93 bits per heavy atom. The van der Waals surface area contributed by atoms with Crippen molar-refractivity contribution < 1.29 is 5.11 Å². The van der Waals surface area contributed by atoms with E-state index in [1.807, 2.05) is 6.20 Å². The topological polar surface area (TPSA) is 33.1 Å². The molecule has 3 heteroatoms. The predicted molar refractivity (Wildman–Crippen MR) is 63.1 cm³/mol. The van der Waals surface area contributed by atoms with E-state index in [4.69, 9.17) is 0 Å². The molecule has 1 fully saturated rings. The fraction of sp³-hybridized carbons (Fsp3) is 0.750. The third-order valence-corrected chi connectivity index (χ3v) is 4.75. The summed E-state index contributed by atoms with van der Waals surface area (Å²) in [5.41, 5.74) is 0. The fourth-order valence-electron chi connectivity index (χ4n) is 2.35. The number of hydrogen-bond acceptors (Lipinski definition) is 3. The monoisotopic (exact) mass is 225 g/mol. The minimum absolute atomic E-state index is 0.361. The van der Waals surface area contributed by atoms with Gasteiger partial charge in [0, 0.05) is 12.1 Å². The molecule has 0 radical (unpaired) electrons. The molecule has 1 saturated carbocycles. The summed E-state index contributed by atoms with van der Waals surface area (Å²) in [7, 11) is 0. The summed E-state index contributed by atoms with van der Waals surface area (Å²) in [5, 5.41) is 10.7. The first-order valence-corrected chi connectivity index (χ1v) is 6.66. The van der Waals surface area contributed by atoms with Gasteiger partial charge in [-0.3, -0.25) is 0 Å². The van der Waals surface area contributed by atoms with Gasteiger partial charge in [-0.1, -0.05) is 13.3 Å². The van der Waals surface area contributed by atoms with Crippen LogP contribution in [0.4, 0.5) is 0 Å². The summed E-state index contributed by atoms with van der Waals surface area (Å²) in [5.74, 6) is 1.56. The van der Waals surface area contributed by atoms with Crippen molar-refractivity contribution in [1.29, 1.82) is 0 Å². The normalized spacial score (nSPS) is 28.2. The molecule has 0 aromatic carbocycles. The van der Waals surface area contributed by atoms with E-state index in [2.05, 4.69) is 11.9 Å². The second kappa shape index (κ2) is 4.62. The zero-order chi connectivity index (χ0) is 10.8. The van der Waals surface area contributed by atoms with Gasteiger partial charge < -0.3 is 5.11 Å². The molecule has 1 aromatic heterocycles. The number of aromatic nitrogens is 1. The molecule has 1 aliphatic rings. The number of rotatable bonds is 3. The maximum absolute atomic E-state index is 9.45. The average Bonchev–Trinajstić information content (AvgIpc) is 2.86. The number of thiazole rings is 1. The summed E-state index contributed by atoms with van der Waals surface area (Å²) in [6.07, 6.45) is 6.70. The molecule has 0 saturated heterocycles. The van der Waals surface area contributed by atoms with Crippen molar-refractivity contribution in [3.8, 4) is 0 Å². The minimum atomic E-state index is -0.361.